The largest absolute Gasteiger partial charge is 0.494 e. The highest BCUT2D eigenvalue weighted by Crippen LogP contribution is 2.16. The molecule has 2 aromatic carbocycles. The zero-order valence-corrected chi connectivity index (χ0v) is 14.2. The molecule has 3 nitrogen and oxygen atoms in total. The molecular weight excluding hydrogens is 286 g/mol. The van der Waals surface area contributed by atoms with Gasteiger partial charge >= 0.3 is 0 Å². The van der Waals surface area contributed by atoms with Crippen molar-refractivity contribution in [3.63, 3.8) is 0 Å². The molecule has 0 bridgehead atoms. The fourth-order valence-corrected chi connectivity index (χ4v) is 2.19. The lowest BCUT2D eigenvalue weighted by Gasteiger charge is -2.10. The lowest BCUT2D eigenvalue weighted by molar-refractivity contribution is 0.309. The van der Waals surface area contributed by atoms with Crippen LogP contribution in [-0.2, 0) is 6.42 Å². The van der Waals surface area contributed by atoms with E-state index < -0.39 is 0 Å². The van der Waals surface area contributed by atoms with Crippen molar-refractivity contribution in [1.82, 2.24) is 0 Å². The van der Waals surface area contributed by atoms with Crippen LogP contribution in [0.2, 0.25) is 0 Å². The van der Waals surface area contributed by atoms with Crippen molar-refractivity contribution in [2.24, 2.45) is 0 Å². The van der Waals surface area contributed by atoms with Gasteiger partial charge in [0, 0.05) is 12.2 Å². The van der Waals surface area contributed by atoms with E-state index in [2.05, 4.69) is 31.3 Å². The molecule has 0 aliphatic heterocycles. The molecule has 3 heteroatoms. The van der Waals surface area contributed by atoms with Gasteiger partial charge in [-0.05, 0) is 54.8 Å². The number of unbranched alkanes of at least 4 members (excludes halogenated alkanes) is 1. The van der Waals surface area contributed by atoms with Gasteiger partial charge < -0.3 is 14.8 Å². The van der Waals surface area contributed by atoms with E-state index in [4.69, 9.17) is 9.47 Å². The molecule has 0 heterocycles. The van der Waals surface area contributed by atoms with Crippen molar-refractivity contribution < 1.29 is 9.47 Å². The maximum absolute atomic E-state index is 5.73. The van der Waals surface area contributed by atoms with Crippen LogP contribution in [-0.4, -0.2) is 19.8 Å². The standard InChI is InChI=1S/C20H27NO2/c1-3-5-15-22-20-12-8-18(9-13-20)21-14-16-23-19-10-6-17(4-2)7-11-19/h6-13,21H,3-5,14-16H2,1-2H3. The first-order valence-electron chi connectivity index (χ1n) is 8.50. The van der Waals surface area contributed by atoms with Crippen LogP contribution in [0, 0.1) is 0 Å². The quantitative estimate of drug-likeness (QED) is 0.632. The summed E-state index contributed by atoms with van der Waals surface area (Å²) in [5, 5.41) is 3.35. The van der Waals surface area contributed by atoms with E-state index in [-0.39, 0.29) is 0 Å². The highest BCUT2D eigenvalue weighted by atomic mass is 16.5. The van der Waals surface area contributed by atoms with Crippen LogP contribution in [0.5, 0.6) is 11.5 Å². The Hall–Kier alpha value is -2.16. The van der Waals surface area contributed by atoms with Crippen molar-refractivity contribution in [3.8, 4) is 11.5 Å². The Morgan fingerprint density at radius 2 is 1.39 bits per heavy atom. The molecule has 0 aromatic heterocycles. The van der Waals surface area contributed by atoms with Crippen LogP contribution in [0.1, 0.15) is 32.3 Å². The zero-order valence-electron chi connectivity index (χ0n) is 14.2. The normalized spacial score (nSPS) is 10.3. The summed E-state index contributed by atoms with van der Waals surface area (Å²) in [4.78, 5) is 0. The highest BCUT2D eigenvalue weighted by molar-refractivity contribution is 5.46. The molecule has 23 heavy (non-hydrogen) atoms. The molecular formula is C20H27NO2. The third kappa shape index (κ3) is 6.23. The van der Waals surface area contributed by atoms with E-state index in [1.807, 2.05) is 36.4 Å². The van der Waals surface area contributed by atoms with Crippen LogP contribution in [0.3, 0.4) is 0 Å². The monoisotopic (exact) mass is 313 g/mol. The minimum atomic E-state index is 0.639. The van der Waals surface area contributed by atoms with Crippen molar-refractivity contribution in [2.75, 3.05) is 25.1 Å². The van der Waals surface area contributed by atoms with Gasteiger partial charge in [-0.1, -0.05) is 32.4 Å². The smallest absolute Gasteiger partial charge is 0.119 e. The summed E-state index contributed by atoms with van der Waals surface area (Å²) in [6.45, 7) is 6.51. The molecule has 0 radical (unpaired) electrons. The van der Waals surface area contributed by atoms with Crippen LogP contribution in [0.25, 0.3) is 0 Å². The van der Waals surface area contributed by atoms with Crippen LogP contribution < -0.4 is 14.8 Å². The summed E-state index contributed by atoms with van der Waals surface area (Å²) >= 11 is 0. The number of ether oxygens (including phenoxy) is 2. The zero-order chi connectivity index (χ0) is 16.3. The minimum absolute atomic E-state index is 0.639. The van der Waals surface area contributed by atoms with E-state index in [1.165, 1.54) is 5.56 Å². The number of aryl methyl sites for hydroxylation is 1. The first kappa shape index (κ1) is 17.2. The molecule has 0 aliphatic carbocycles. The first-order chi connectivity index (χ1) is 11.3. The summed E-state index contributed by atoms with van der Waals surface area (Å²) in [5.74, 6) is 1.85. The van der Waals surface area contributed by atoms with Crippen molar-refractivity contribution in [1.29, 1.82) is 0 Å². The molecule has 0 unspecified atom stereocenters. The SMILES string of the molecule is CCCCOc1ccc(NCCOc2ccc(CC)cc2)cc1. The summed E-state index contributed by atoms with van der Waals surface area (Å²) < 4.78 is 11.4. The Bertz CT molecular complexity index is 549. The third-order valence-corrected chi connectivity index (χ3v) is 3.65. The summed E-state index contributed by atoms with van der Waals surface area (Å²) in [7, 11) is 0. The molecule has 0 saturated carbocycles. The lowest BCUT2D eigenvalue weighted by atomic mass is 10.2. The second-order valence-corrected chi connectivity index (χ2v) is 5.50. The fourth-order valence-electron chi connectivity index (χ4n) is 2.19. The van der Waals surface area contributed by atoms with E-state index in [9.17, 15) is 0 Å². The van der Waals surface area contributed by atoms with Gasteiger partial charge in [-0.3, -0.25) is 0 Å². The van der Waals surface area contributed by atoms with Crippen molar-refractivity contribution in [3.05, 3.63) is 54.1 Å². The molecule has 0 spiro atoms. The lowest BCUT2D eigenvalue weighted by Crippen LogP contribution is -2.11. The Morgan fingerprint density at radius 1 is 0.783 bits per heavy atom. The van der Waals surface area contributed by atoms with Crippen molar-refractivity contribution in [2.45, 2.75) is 33.1 Å². The van der Waals surface area contributed by atoms with Crippen molar-refractivity contribution >= 4 is 5.69 Å². The number of benzene rings is 2. The Morgan fingerprint density at radius 3 is 2.00 bits per heavy atom. The maximum atomic E-state index is 5.73. The predicted octanol–water partition coefficient (Wildman–Crippen LogP) is 4.92. The average molecular weight is 313 g/mol. The fraction of sp³-hybridized carbons (Fsp3) is 0.400. The average Bonchev–Trinajstić information content (AvgIpc) is 2.61. The Balaban J connectivity index is 1.67. The van der Waals surface area contributed by atoms with Crippen LogP contribution in [0.15, 0.2) is 48.5 Å². The van der Waals surface area contributed by atoms with Gasteiger partial charge in [-0.25, -0.2) is 0 Å². The number of hydrogen-bond acceptors (Lipinski definition) is 3. The van der Waals surface area contributed by atoms with Gasteiger partial charge in [0.15, 0.2) is 0 Å². The Labute approximate surface area is 139 Å². The molecule has 0 atom stereocenters. The van der Waals surface area contributed by atoms with Crippen LogP contribution in [0.4, 0.5) is 5.69 Å². The van der Waals surface area contributed by atoms with E-state index in [0.29, 0.717) is 6.61 Å². The Kier molecular flexibility index (Phi) is 7.31. The number of rotatable bonds is 10. The maximum Gasteiger partial charge on any atom is 0.119 e. The van der Waals surface area contributed by atoms with Gasteiger partial charge in [0.1, 0.15) is 18.1 Å². The third-order valence-electron chi connectivity index (χ3n) is 3.65. The molecule has 1 N–H and O–H groups in total. The predicted molar refractivity (Wildman–Crippen MR) is 96.6 cm³/mol. The first-order valence-corrected chi connectivity index (χ1v) is 8.50. The molecule has 0 aliphatic rings. The molecule has 2 rings (SSSR count). The van der Waals surface area contributed by atoms with E-state index >= 15 is 0 Å². The molecule has 0 amide bonds. The molecule has 124 valence electrons. The van der Waals surface area contributed by atoms with E-state index in [1.54, 1.807) is 0 Å². The minimum Gasteiger partial charge on any atom is -0.494 e. The van der Waals surface area contributed by atoms with Gasteiger partial charge in [0.2, 0.25) is 0 Å². The van der Waals surface area contributed by atoms with Crippen LogP contribution >= 0.6 is 0 Å². The van der Waals surface area contributed by atoms with E-state index in [0.717, 1.165) is 49.6 Å². The summed E-state index contributed by atoms with van der Waals surface area (Å²) in [6.07, 6.45) is 3.30. The van der Waals surface area contributed by atoms with Gasteiger partial charge in [0.25, 0.3) is 0 Å². The molecule has 0 fully saturated rings. The summed E-state index contributed by atoms with van der Waals surface area (Å²) in [6, 6.07) is 16.4. The summed E-state index contributed by atoms with van der Waals surface area (Å²) in [5.41, 5.74) is 2.41. The topological polar surface area (TPSA) is 30.5 Å². The number of hydrogen-bond donors (Lipinski definition) is 1. The second kappa shape index (κ2) is 9.78. The number of anilines is 1. The number of nitrogens with one attached hydrogen (secondary N) is 1. The van der Waals surface area contributed by atoms with Gasteiger partial charge in [0.05, 0.1) is 6.61 Å². The van der Waals surface area contributed by atoms with Gasteiger partial charge in [-0.2, -0.15) is 0 Å². The molecule has 2 aromatic rings. The molecule has 0 saturated heterocycles. The van der Waals surface area contributed by atoms with Gasteiger partial charge in [-0.15, -0.1) is 0 Å². The second-order valence-electron chi connectivity index (χ2n) is 5.50. The highest BCUT2D eigenvalue weighted by Gasteiger charge is 1.97.